The second kappa shape index (κ2) is 11.8. The van der Waals surface area contributed by atoms with Gasteiger partial charge in [-0.05, 0) is 61.6 Å². The molecular weight excluding hydrogens is 548 g/mol. The fourth-order valence-corrected chi connectivity index (χ4v) is 5.84. The lowest BCUT2D eigenvalue weighted by molar-refractivity contribution is -0.122. The Kier molecular flexibility index (Phi) is 8.49. The smallest absolute Gasteiger partial charge is 0.290 e. The molecule has 0 amide bonds. The number of ether oxygens (including phenoxy) is 1. The molecule has 4 aromatic rings. The molecule has 1 aliphatic rings. The summed E-state index contributed by atoms with van der Waals surface area (Å²) in [6, 6.07) is 9.35. The predicted octanol–water partition coefficient (Wildman–Crippen LogP) is 3.94. The summed E-state index contributed by atoms with van der Waals surface area (Å²) < 4.78 is 62.7. The highest BCUT2D eigenvalue weighted by Crippen LogP contribution is 2.36. The van der Waals surface area contributed by atoms with E-state index in [2.05, 4.69) is 14.7 Å². The van der Waals surface area contributed by atoms with Gasteiger partial charge in [-0.15, -0.1) is 0 Å². The fraction of sp³-hybridized carbons (Fsp3) is 0.269. The van der Waals surface area contributed by atoms with Crippen molar-refractivity contribution in [3.63, 3.8) is 0 Å². The maximum atomic E-state index is 14.2. The first-order valence-corrected chi connectivity index (χ1v) is 13.6. The van der Waals surface area contributed by atoms with Gasteiger partial charge in [-0.2, -0.15) is 0 Å². The van der Waals surface area contributed by atoms with Gasteiger partial charge < -0.3 is 25.3 Å². The van der Waals surface area contributed by atoms with Crippen LogP contribution in [0.4, 0.5) is 20.4 Å². The summed E-state index contributed by atoms with van der Waals surface area (Å²) in [5.41, 5.74) is 9.02. The van der Waals surface area contributed by atoms with Crippen molar-refractivity contribution in [1.82, 2.24) is 14.5 Å². The Morgan fingerprint density at radius 3 is 2.45 bits per heavy atom. The molecule has 5 N–H and O–H groups in total. The van der Waals surface area contributed by atoms with Gasteiger partial charge in [0.2, 0.25) is 11.8 Å². The molecule has 11 nitrogen and oxygen atoms in total. The molecule has 212 valence electrons. The van der Waals surface area contributed by atoms with E-state index in [1.807, 2.05) is 22.8 Å². The number of pyridine rings is 1. The Morgan fingerprint density at radius 1 is 1.10 bits per heavy atom. The number of hydrogen-bond acceptors (Lipinski definition) is 8. The number of aliphatic hydroxyl groups is 1. The summed E-state index contributed by atoms with van der Waals surface area (Å²) in [7, 11) is -3.09. The van der Waals surface area contributed by atoms with Crippen molar-refractivity contribution >= 4 is 39.2 Å². The van der Waals surface area contributed by atoms with Crippen LogP contribution in [0.5, 0.6) is 5.88 Å². The minimum Gasteiger partial charge on any atom is -0.483 e. The summed E-state index contributed by atoms with van der Waals surface area (Å²) in [6.45, 7) is -0.250. The molecule has 0 bridgehead atoms. The number of nitrogens with zero attached hydrogens (tertiary/aromatic N) is 3. The normalized spacial score (nSPS) is 17.1. The molecule has 5 rings (SSSR count). The number of aliphatic hydroxyl groups excluding tert-OH is 1. The van der Waals surface area contributed by atoms with E-state index in [-0.39, 0.29) is 30.2 Å². The Labute approximate surface area is 228 Å². The van der Waals surface area contributed by atoms with E-state index < -0.39 is 26.6 Å². The van der Waals surface area contributed by atoms with Crippen LogP contribution in [0.2, 0.25) is 0 Å². The van der Waals surface area contributed by atoms with Crippen LogP contribution in [-0.2, 0) is 14.8 Å². The van der Waals surface area contributed by atoms with Crippen molar-refractivity contribution < 1.29 is 36.9 Å². The van der Waals surface area contributed by atoms with Gasteiger partial charge in [-0.1, -0.05) is 6.07 Å². The third-order valence-corrected chi connectivity index (χ3v) is 7.95. The number of methoxy groups -OCH3 is 1. The summed E-state index contributed by atoms with van der Waals surface area (Å²) in [4.78, 5) is 16.3. The Balaban J connectivity index is 0.00000118. The molecule has 2 aromatic heterocycles. The number of anilines is 2. The number of rotatable bonds is 6. The third kappa shape index (κ3) is 5.97. The first kappa shape index (κ1) is 28.7. The number of hydrogen-bond donors (Lipinski definition) is 4. The van der Waals surface area contributed by atoms with E-state index in [1.165, 1.54) is 19.4 Å². The highest BCUT2D eigenvalue weighted by molar-refractivity contribution is 7.92. The molecule has 1 fully saturated rings. The maximum absolute atomic E-state index is 14.2. The molecule has 0 spiro atoms. The van der Waals surface area contributed by atoms with Crippen LogP contribution in [0.1, 0.15) is 31.7 Å². The fourth-order valence-electron chi connectivity index (χ4n) is 4.73. The van der Waals surface area contributed by atoms with Crippen molar-refractivity contribution in [2.45, 2.75) is 42.7 Å². The van der Waals surface area contributed by atoms with Crippen LogP contribution < -0.4 is 15.2 Å². The highest BCUT2D eigenvalue weighted by Gasteiger charge is 2.25. The van der Waals surface area contributed by atoms with Gasteiger partial charge in [0.1, 0.15) is 22.2 Å². The molecule has 0 aliphatic heterocycles. The van der Waals surface area contributed by atoms with Crippen LogP contribution in [-0.4, -0.2) is 52.9 Å². The van der Waals surface area contributed by atoms with Crippen molar-refractivity contribution in [2.24, 2.45) is 0 Å². The number of carboxylic acid groups (broad SMARTS) is 1. The summed E-state index contributed by atoms with van der Waals surface area (Å²) >= 11 is 0. The zero-order valence-corrected chi connectivity index (χ0v) is 22.1. The van der Waals surface area contributed by atoms with Crippen LogP contribution in [0.15, 0.2) is 53.6 Å². The standard InChI is InChI=1S/C25H25F2N5O4S.CH2O2/c1-36-24-21(31-37(34,35)23-9-3-16(26)12-19(23)27)10-15(13-29-24)14-2-8-20-22(11-14)32(25(28)30-20)17-4-6-18(33)7-5-17;2-1-3/h2-3,8-13,17-18,31,33H,4-7H2,1H3,(H2,28,30);1H,(H,2,3). The number of nitrogens with two attached hydrogens (primary N) is 1. The average Bonchev–Trinajstić information content (AvgIpc) is 3.24. The molecule has 2 heterocycles. The van der Waals surface area contributed by atoms with Gasteiger partial charge in [0.05, 0.1) is 24.2 Å². The van der Waals surface area contributed by atoms with Crippen LogP contribution in [0.3, 0.4) is 0 Å². The summed E-state index contributed by atoms with van der Waals surface area (Å²) in [6.07, 6.45) is 4.14. The van der Waals surface area contributed by atoms with E-state index in [4.69, 9.17) is 20.4 Å². The number of nitrogens with one attached hydrogen (secondary N) is 1. The molecule has 0 radical (unpaired) electrons. The Morgan fingerprint density at radius 2 is 1.80 bits per heavy atom. The molecule has 1 saturated carbocycles. The van der Waals surface area contributed by atoms with Crippen LogP contribution in [0.25, 0.3) is 22.2 Å². The van der Waals surface area contributed by atoms with Crippen molar-refractivity contribution in [1.29, 1.82) is 0 Å². The lowest BCUT2D eigenvalue weighted by Gasteiger charge is -2.27. The Bertz CT molecular complexity index is 1640. The van der Waals surface area contributed by atoms with E-state index in [0.29, 0.717) is 41.5 Å². The van der Waals surface area contributed by atoms with Crippen LogP contribution >= 0.6 is 0 Å². The SMILES string of the molecule is COc1ncc(-c2ccc3nc(N)n(C4CCC(O)CC4)c3c2)cc1NS(=O)(=O)c1ccc(F)cc1F.O=CO. The minimum atomic E-state index is -4.41. The second-order valence-electron chi connectivity index (χ2n) is 9.07. The quantitative estimate of drug-likeness (QED) is 0.249. The molecule has 1 aliphatic carbocycles. The number of fused-ring (bicyclic) bond motifs is 1. The van der Waals surface area contributed by atoms with Gasteiger partial charge in [0.15, 0.2) is 0 Å². The van der Waals surface area contributed by atoms with E-state index in [9.17, 15) is 22.3 Å². The molecule has 2 aromatic carbocycles. The zero-order valence-electron chi connectivity index (χ0n) is 21.3. The van der Waals surface area contributed by atoms with Gasteiger partial charge in [0.25, 0.3) is 16.5 Å². The number of benzene rings is 2. The van der Waals surface area contributed by atoms with E-state index in [1.54, 1.807) is 0 Å². The Hall–Kier alpha value is -4.30. The van der Waals surface area contributed by atoms with Gasteiger partial charge >= 0.3 is 0 Å². The molecule has 0 saturated heterocycles. The predicted molar refractivity (Wildman–Crippen MR) is 143 cm³/mol. The lowest BCUT2D eigenvalue weighted by atomic mass is 9.93. The number of nitrogen functional groups attached to an aromatic ring is 1. The van der Waals surface area contributed by atoms with Crippen molar-refractivity contribution in [3.05, 3.63) is 60.3 Å². The maximum Gasteiger partial charge on any atom is 0.290 e. The number of sulfonamides is 1. The number of aromatic nitrogens is 3. The second-order valence-corrected chi connectivity index (χ2v) is 10.7. The number of imidazole rings is 1. The van der Waals surface area contributed by atoms with Crippen LogP contribution in [0, 0.1) is 11.6 Å². The minimum absolute atomic E-state index is 0.0156. The molecular formula is C26H27F2N5O6S. The molecule has 40 heavy (non-hydrogen) atoms. The van der Waals surface area contributed by atoms with E-state index >= 15 is 0 Å². The monoisotopic (exact) mass is 575 g/mol. The average molecular weight is 576 g/mol. The first-order chi connectivity index (χ1) is 19.1. The van der Waals surface area contributed by atoms with Crippen molar-refractivity contribution in [3.8, 4) is 17.0 Å². The van der Waals surface area contributed by atoms with Gasteiger partial charge in [-0.3, -0.25) is 9.52 Å². The first-order valence-electron chi connectivity index (χ1n) is 12.1. The van der Waals surface area contributed by atoms with Crippen molar-refractivity contribution in [2.75, 3.05) is 17.6 Å². The molecule has 0 unspecified atom stereocenters. The molecule has 14 heteroatoms. The third-order valence-electron chi connectivity index (χ3n) is 6.55. The molecule has 0 atom stereocenters. The summed E-state index contributed by atoms with van der Waals surface area (Å²) in [5.74, 6) is -1.75. The largest absolute Gasteiger partial charge is 0.483 e. The zero-order chi connectivity index (χ0) is 29.0. The summed E-state index contributed by atoms with van der Waals surface area (Å²) in [5, 5.41) is 16.8. The highest BCUT2D eigenvalue weighted by atomic mass is 32.2. The topological polar surface area (TPSA) is 170 Å². The van der Waals surface area contributed by atoms with Gasteiger partial charge in [-0.25, -0.2) is 27.2 Å². The van der Waals surface area contributed by atoms with E-state index in [0.717, 1.165) is 30.5 Å². The number of halogens is 2. The number of carbonyl (C=O) groups is 1. The lowest BCUT2D eigenvalue weighted by Crippen LogP contribution is -2.22. The van der Waals surface area contributed by atoms with Gasteiger partial charge in [0, 0.05) is 23.9 Å².